The molecule has 23 heavy (non-hydrogen) atoms. The van der Waals surface area contributed by atoms with Gasteiger partial charge in [-0.1, -0.05) is 129 Å². The summed E-state index contributed by atoms with van der Waals surface area (Å²) in [6.07, 6.45) is 25.9. The van der Waals surface area contributed by atoms with Crippen molar-refractivity contribution in [3.8, 4) is 0 Å². The maximum absolute atomic E-state index is 6.30. The van der Waals surface area contributed by atoms with Crippen molar-refractivity contribution in [3.63, 3.8) is 0 Å². The summed E-state index contributed by atoms with van der Waals surface area (Å²) in [6.45, 7) is 4.59. The van der Waals surface area contributed by atoms with Crippen LogP contribution in [-0.2, 0) is 0 Å². The first-order valence-electron chi connectivity index (χ1n) is 10.9. The fraction of sp³-hybridized carbons (Fsp3) is 1.00. The molecule has 0 nitrogen and oxygen atoms in total. The van der Waals surface area contributed by atoms with Crippen LogP contribution in [0.5, 0.6) is 0 Å². The molecule has 0 radical (unpaired) electrons. The third-order valence-electron chi connectivity index (χ3n) is 5.15. The lowest BCUT2D eigenvalue weighted by atomic mass is 10.0. The minimum Gasteiger partial charge on any atom is -0.176 e. The van der Waals surface area contributed by atoms with Crippen molar-refractivity contribution in [2.75, 3.05) is 0 Å². The number of halogens is 1. The minimum absolute atomic E-state index is 0.301. The largest absolute Gasteiger partial charge is 0.176 e. The van der Waals surface area contributed by atoms with Crippen molar-refractivity contribution in [1.82, 2.24) is 0 Å². The minimum atomic E-state index is -0.301. The predicted molar refractivity (Wildman–Crippen MR) is 113 cm³/mol. The van der Waals surface area contributed by atoms with Crippen molar-refractivity contribution in [2.45, 2.75) is 135 Å². The average Bonchev–Trinajstić information content (AvgIpc) is 2.57. The van der Waals surface area contributed by atoms with E-state index in [-0.39, 0.29) is 8.83 Å². The van der Waals surface area contributed by atoms with Gasteiger partial charge in [-0.05, 0) is 5.54 Å². The summed E-state index contributed by atoms with van der Waals surface area (Å²) in [5.74, 6) is 0. The fourth-order valence-electron chi connectivity index (χ4n) is 3.43. The molecule has 140 valence electrons. The predicted octanol–water partition coefficient (Wildman–Crippen LogP) is 8.16. The number of hydrogen-bond donors (Lipinski definition) is 0. The van der Waals surface area contributed by atoms with Crippen LogP contribution < -0.4 is 0 Å². The first-order valence-corrected chi connectivity index (χ1v) is 13.9. The Hall–Kier alpha value is 0.507. The maximum atomic E-state index is 6.30. The highest BCUT2D eigenvalue weighted by Crippen LogP contribution is 2.24. The van der Waals surface area contributed by atoms with Gasteiger partial charge in [0.05, 0.1) is 0 Å². The van der Waals surface area contributed by atoms with Gasteiger partial charge in [-0.2, -0.15) is 11.1 Å². The topological polar surface area (TPSA) is 0 Å². The van der Waals surface area contributed by atoms with Crippen molar-refractivity contribution in [1.29, 1.82) is 0 Å². The molecule has 0 aromatic rings. The summed E-state index contributed by atoms with van der Waals surface area (Å²) in [5, 5.41) is 0. The van der Waals surface area contributed by atoms with Crippen LogP contribution in [0.15, 0.2) is 0 Å². The van der Waals surface area contributed by atoms with E-state index in [0.717, 1.165) is 5.54 Å². The molecule has 0 heterocycles. The lowest BCUT2D eigenvalue weighted by molar-refractivity contribution is 0.524. The summed E-state index contributed by atoms with van der Waals surface area (Å²) in [5.41, 5.74) is 0.928. The monoisotopic (exact) mass is 360 g/mol. The number of unbranched alkanes of at least 4 members (excludes halogenated alkanes) is 14. The first-order chi connectivity index (χ1) is 11.3. The van der Waals surface area contributed by atoms with Crippen LogP contribution in [0.3, 0.4) is 0 Å². The van der Waals surface area contributed by atoms with E-state index in [2.05, 4.69) is 13.8 Å². The van der Waals surface area contributed by atoms with Gasteiger partial charge in [0.25, 0.3) is 0 Å². The van der Waals surface area contributed by atoms with Crippen LogP contribution >= 0.6 is 11.1 Å². The zero-order valence-electron chi connectivity index (χ0n) is 16.4. The Morgan fingerprint density at radius 2 is 0.826 bits per heavy atom. The van der Waals surface area contributed by atoms with E-state index in [9.17, 15) is 0 Å². The highest BCUT2D eigenvalue weighted by molar-refractivity contribution is 6.94. The Morgan fingerprint density at radius 1 is 0.522 bits per heavy atom. The van der Waals surface area contributed by atoms with Gasteiger partial charge in [0, 0.05) is 0 Å². The highest BCUT2D eigenvalue weighted by atomic mass is 35.6. The highest BCUT2D eigenvalue weighted by Gasteiger charge is 2.07. The second-order valence-corrected chi connectivity index (χ2v) is 9.94. The Labute approximate surface area is 155 Å². The Balaban J connectivity index is 3.29. The van der Waals surface area contributed by atoms with Gasteiger partial charge in [0.2, 0.25) is 0 Å². The second-order valence-electron chi connectivity index (χ2n) is 7.55. The van der Waals surface area contributed by atoms with Crippen molar-refractivity contribution >= 4 is 19.9 Å². The normalized spacial score (nSPS) is 12.0. The smallest absolute Gasteiger partial charge is 0.128 e. The van der Waals surface area contributed by atoms with Crippen molar-refractivity contribution in [3.05, 3.63) is 0 Å². The van der Waals surface area contributed by atoms with Gasteiger partial charge in [-0.15, -0.1) is 0 Å². The zero-order chi connectivity index (χ0) is 17.0. The fourth-order valence-corrected chi connectivity index (χ4v) is 5.24. The molecule has 0 aliphatic heterocycles. The molecule has 0 aromatic heterocycles. The summed E-state index contributed by atoms with van der Waals surface area (Å²) in [7, 11) is -0.301. The molecule has 0 spiro atoms. The van der Waals surface area contributed by atoms with E-state index in [1.165, 1.54) is 116 Å². The molecular weight excluding hydrogens is 316 g/mol. The molecule has 0 unspecified atom stereocenters. The van der Waals surface area contributed by atoms with Crippen LogP contribution in [0.1, 0.15) is 129 Å². The van der Waals surface area contributed by atoms with Gasteiger partial charge in [0.1, 0.15) is 8.83 Å². The van der Waals surface area contributed by atoms with Crippen LogP contribution in [0.4, 0.5) is 0 Å². The van der Waals surface area contributed by atoms with Crippen LogP contribution in [-0.4, -0.2) is 8.83 Å². The molecule has 0 N–H and O–H groups in total. The van der Waals surface area contributed by atoms with Gasteiger partial charge in [-0.3, -0.25) is 0 Å². The van der Waals surface area contributed by atoms with E-state index >= 15 is 0 Å². The lowest BCUT2D eigenvalue weighted by Crippen LogP contribution is -1.99. The van der Waals surface area contributed by atoms with Crippen LogP contribution in [0.25, 0.3) is 0 Å². The standard InChI is InChI=1S/C21H45ClSi/c1-3-5-7-9-11-13-15-17-19-21(23-22)20-18-16-14-12-10-8-6-4-2/h21H,3-20,23H2,1-2H3. The Kier molecular flexibility index (Phi) is 21.0. The van der Waals surface area contributed by atoms with Crippen LogP contribution in [0.2, 0.25) is 5.54 Å². The Morgan fingerprint density at radius 3 is 1.13 bits per heavy atom. The van der Waals surface area contributed by atoms with Gasteiger partial charge < -0.3 is 0 Å². The van der Waals surface area contributed by atoms with E-state index in [0.29, 0.717) is 0 Å². The lowest BCUT2D eigenvalue weighted by Gasteiger charge is -2.13. The maximum Gasteiger partial charge on any atom is 0.128 e. The third kappa shape index (κ3) is 18.7. The van der Waals surface area contributed by atoms with Gasteiger partial charge >= 0.3 is 0 Å². The molecule has 0 rings (SSSR count). The molecule has 0 atom stereocenters. The van der Waals surface area contributed by atoms with E-state index in [1.807, 2.05) is 0 Å². The summed E-state index contributed by atoms with van der Waals surface area (Å²) in [4.78, 5) is 0. The van der Waals surface area contributed by atoms with E-state index in [1.54, 1.807) is 0 Å². The summed E-state index contributed by atoms with van der Waals surface area (Å²) < 4.78 is 0. The molecule has 0 aliphatic rings. The number of hydrogen-bond acceptors (Lipinski definition) is 0. The van der Waals surface area contributed by atoms with Gasteiger partial charge in [0.15, 0.2) is 0 Å². The third-order valence-corrected chi connectivity index (χ3v) is 7.71. The molecule has 0 amide bonds. The Bertz CT molecular complexity index is 188. The first kappa shape index (κ1) is 23.5. The second kappa shape index (κ2) is 20.6. The summed E-state index contributed by atoms with van der Waals surface area (Å²) in [6, 6.07) is 0. The van der Waals surface area contributed by atoms with Crippen LogP contribution in [0, 0.1) is 0 Å². The molecule has 0 aromatic carbocycles. The molecule has 0 saturated heterocycles. The van der Waals surface area contributed by atoms with Gasteiger partial charge in [-0.25, -0.2) is 0 Å². The summed E-state index contributed by atoms with van der Waals surface area (Å²) >= 11 is 6.30. The molecule has 2 heteroatoms. The van der Waals surface area contributed by atoms with Crippen molar-refractivity contribution < 1.29 is 0 Å². The molecule has 0 saturated carbocycles. The SMILES string of the molecule is CCCCCCCCCCC(CCCCCCCCCC)[SiH2]Cl. The molecule has 0 fully saturated rings. The zero-order valence-corrected chi connectivity index (χ0v) is 18.6. The molecule has 0 bridgehead atoms. The molecule has 0 aliphatic carbocycles. The van der Waals surface area contributed by atoms with E-state index in [4.69, 9.17) is 11.1 Å². The van der Waals surface area contributed by atoms with E-state index < -0.39 is 0 Å². The molecular formula is C21H45ClSi. The quantitative estimate of drug-likeness (QED) is 0.124. The average molecular weight is 361 g/mol. The van der Waals surface area contributed by atoms with Crippen molar-refractivity contribution in [2.24, 2.45) is 0 Å². The number of rotatable bonds is 19.